The zero-order valence-corrected chi connectivity index (χ0v) is 21.0. The van der Waals surface area contributed by atoms with Gasteiger partial charge in [-0.3, -0.25) is 9.89 Å². The lowest BCUT2D eigenvalue weighted by molar-refractivity contribution is 0.120. The Hall–Kier alpha value is -0.900. The molecule has 2 N–H and O–H groups in total. The van der Waals surface area contributed by atoms with Crippen molar-refractivity contribution in [1.29, 1.82) is 0 Å². The highest BCUT2D eigenvalue weighted by atomic mass is 127. The van der Waals surface area contributed by atoms with Crippen LogP contribution in [0.15, 0.2) is 35.3 Å². The highest BCUT2D eigenvalue weighted by Gasteiger charge is 2.22. The van der Waals surface area contributed by atoms with Gasteiger partial charge in [0.05, 0.1) is 6.61 Å². The Labute approximate surface area is 199 Å². The molecule has 1 unspecified atom stereocenters. The molecule has 1 aromatic carbocycles. The van der Waals surface area contributed by atoms with Crippen molar-refractivity contribution in [2.24, 2.45) is 10.9 Å². The normalized spacial score (nSPS) is 21.8. The van der Waals surface area contributed by atoms with E-state index in [4.69, 9.17) is 4.74 Å². The standard InChI is InChI=1S/C23H39N5O.HI/c1-24-23(25-17-20-10-13-27(14-11-20)15-16-29-2)26-22-9-6-12-28(19-22)18-21-7-4-3-5-8-21;/h3-5,7-8,20,22H,6,9-19H2,1-2H3,(H2,24,25,26);1H. The Bertz CT molecular complexity index is 607. The number of benzene rings is 1. The van der Waals surface area contributed by atoms with Crippen molar-refractivity contribution in [2.45, 2.75) is 38.3 Å². The molecule has 6 nitrogen and oxygen atoms in total. The molecule has 2 saturated heterocycles. The summed E-state index contributed by atoms with van der Waals surface area (Å²) in [5.74, 6) is 1.69. The third-order valence-electron chi connectivity index (χ3n) is 6.20. The molecular formula is C23H40IN5O. The van der Waals surface area contributed by atoms with Crippen LogP contribution in [-0.2, 0) is 11.3 Å². The summed E-state index contributed by atoms with van der Waals surface area (Å²) in [4.78, 5) is 9.55. The van der Waals surface area contributed by atoms with Crippen LogP contribution in [0, 0.1) is 5.92 Å². The Morgan fingerprint density at radius 2 is 1.87 bits per heavy atom. The highest BCUT2D eigenvalue weighted by Crippen LogP contribution is 2.16. The summed E-state index contributed by atoms with van der Waals surface area (Å²) in [6.07, 6.45) is 4.95. The Kier molecular flexibility index (Phi) is 12.0. The maximum Gasteiger partial charge on any atom is 0.191 e. The van der Waals surface area contributed by atoms with Gasteiger partial charge in [0.2, 0.25) is 0 Å². The molecule has 170 valence electrons. The van der Waals surface area contributed by atoms with E-state index in [0.29, 0.717) is 6.04 Å². The summed E-state index contributed by atoms with van der Waals surface area (Å²) in [6, 6.07) is 11.3. The molecule has 7 heteroatoms. The molecule has 2 fully saturated rings. The summed E-state index contributed by atoms with van der Waals surface area (Å²) in [5.41, 5.74) is 1.40. The van der Waals surface area contributed by atoms with Gasteiger partial charge in [-0.15, -0.1) is 24.0 Å². The molecule has 2 aliphatic rings. The topological polar surface area (TPSA) is 52.1 Å². The van der Waals surface area contributed by atoms with Crippen LogP contribution in [0.3, 0.4) is 0 Å². The van der Waals surface area contributed by atoms with E-state index < -0.39 is 0 Å². The molecule has 1 aromatic rings. The minimum absolute atomic E-state index is 0. The number of ether oxygens (including phenoxy) is 1. The molecule has 2 aliphatic heterocycles. The summed E-state index contributed by atoms with van der Waals surface area (Å²) in [7, 11) is 3.66. The second kappa shape index (κ2) is 14.2. The number of nitrogens with one attached hydrogen (secondary N) is 2. The van der Waals surface area contributed by atoms with E-state index >= 15 is 0 Å². The molecule has 1 atom stereocenters. The SMILES string of the molecule is CN=C(NCC1CCN(CCOC)CC1)NC1CCCN(Cc2ccccc2)C1.I. The fourth-order valence-corrected chi connectivity index (χ4v) is 4.42. The number of guanidine groups is 1. The first-order valence-corrected chi connectivity index (χ1v) is 11.2. The van der Waals surface area contributed by atoms with Crippen LogP contribution in [-0.4, -0.2) is 81.8 Å². The zero-order chi connectivity index (χ0) is 20.3. The van der Waals surface area contributed by atoms with E-state index in [9.17, 15) is 0 Å². The summed E-state index contributed by atoms with van der Waals surface area (Å²) in [6.45, 7) is 8.56. The Morgan fingerprint density at radius 1 is 1.10 bits per heavy atom. The number of hydrogen-bond acceptors (Lipinski definition) is 4. The number of rotatable bonds is 8. The van der Waals surface area contributed by atoms with Gasteiger partial charge in [0.25, 0.3) is 0 Å². The monoisotopic (exact) mass is 529 g/mol. The summed E-state index contributed by atoms with van der Waals surface area (Å²) < 4.78 is 5.20. The molecule has 2 heterocycles. The van der Waals surface area contributed by atoms with Gasteiger partial charge >= 0.3 is 0 Å². The Morgan fingerprint density at radius 3 is 2.57 bits per heavy atom. The van der Waals surface area contributed by atoms with Crippen molar-refractivity contribution >= 4 is 29.9 Å². The molecule has 0 saturated carbocycles. The molecule has 0 radical (unpaired) electrons. The number of methoxy groups -OCH3 is 1. The first-order valence-electron chi connectivity index (χ1n) is 11.2. The van der Waals surface area contributed by atoms with Crippen molar-refractivity contribution in [3.8, 4) is 0 Å². The summed E-state index contributed by atoms with van der Waals surface area (Å²) in [5, 5.41) is 7.25. The van der Waals surface area contributed by atoms with Gasteiger partial charge in [-0.1, -0.05) is 30.3 Å². The average Bonchev–Trinajstić information content (AvgIpc) is 2.77. The summed E-state index contributed by atoms with van der Waals surface area (Å²) >= 11 is 0. The third kappa shape index (κ3) is 8.69. The molecule has 0 spiro atoms. The van der Waals surface area contributed by atoms with Crippen molar-refractivity contribution in [2.75, 3.05) is 60.0 Å². The largest absolute Gasteiger partial charge is 0.383 e. The molecule has 0 aromatic heterocycles. The van der Waals surface area contributed by atoms with Crippen LogP contribution < -0.4 is 10.6 Å². The number of halogens is 1. The van der Waals surface area contributed by atoms with Crippen molar-refractivity contribution < 1.29 is 4.74 Å². The van der Waals surface area contributed by atoms with Crippen molar-refractivity contribution in [3.05, 3.63) is 35.9 Å². The quantitative estimate of drug-likeness (QED) is 0.308. The van der Waals surface area contributed by atoms with Gasteiger partial charge in [-0.05, 0) is 56.8 Å². The molecule has 30 heavy (non-hydrogen) atoms. The number of hydrogen-bond donors (Lipinski definition) is 2. The lowest BCUT2D eigenvalue weighted by Gasteiger charge is -2.35. The highest BCUT2D eigenvalue weighted by molar-refractivity contribution is 14.0. The first kappa shape index (κ1) is 25.4. The fraction of sp³-hybridized carbons (Fsp3) is 0.696. The number of piperidine rings is 2. The molecule has 0 amide bonds. The molecule has 0 aliphatic carbocycles. The van der Waals surface area contributed by atoms with Crippen LogP contribution in [0.1, 0.15) is 31.2 Å². The van der Waals surface area contributed by atoms with E-state index in [2.05, 4.69) is 55.8 Å². The number of likely N-dealkylation sites (tertiary alicyclic amines) is 2. The maximum absolute atomic E-state index is 5.20. The molecular weight excluding hydrogens is 489 g/mol. The fourth-order valence-electron chi connectivity index (χ4n) is 4.42. The van der Waals surface area contributed by atoms with Gasteiger partial charge in [-0.2, -0.15) is 0 Å². The van der Waals surface area contributed by atoms with E-state index in [1.165, 1.54) is 50.9 Å². The van der Waals surface area contributed by atoms with Gasteiger partial charge < -0.3 is 20.3 Å². The van der Waals surface area contributed by atoms with Crippen LogP contribution >= 0.6 is 24.0 Å². The lowest BCUT2D eigenvalue weighted by atomic mass is 9.97. The lowest BCUT2D eigenvalue weighted by Crippen LogP contribution is -2.51. The Balaban J connectivity index is 0.00000320. The van der Waals surface area contributed by atoms with Gasteiger partial charge in [0.15, 0.2) is 5.96 Å². The minimum atomic E-state index is 0. The maximum atomic E-state index is 5.20. The van der Waals surface area contributed by atoms with Crippen LogP contribution in [0.5, 0.6) is 0 Å². The predicted octanol–water partition coefficient (Wildman–Crippen LogP) is 2.79. The zero-order valence-electron chi connectivity index (χ0n) is 18.7. The third-order valence-corrected chi connectivity index (χ3v) is 6.20. The first-order chi connectivity index (χ1) is 14.3. The molecule has 3 rings (SSSR count). The second-order valence-corrected chi connectivity index (χ2v) is 8.44. The van der Waals surface area contributed by atoms with Crippen molar-refractivity contribution in [3.63, 3.8) is 0 Å². The van der Waals surface area contributed by atoms with E-state index in [0.717, 1.165) is 44.7 Å². The predicted molar refractivity (Wildman–Crippen MR) is 136 cm³/mol. The smallest absolute Gasteiger partial charge is 0.191 e. The van der Waals surface area contributed by atoms with E-state index in [-0.39, 0.29) is 24.0 Å². The van der Waals surface area contributed by atoms with Crippen LogP contribution in [0.25, 0.3) is 0 Å². The van der Waals surface area contributed by atoms with Gasteiger partial charge in [-0.25, -0.2) is 0 Å². The average molecular weight is 530 g/mol. The van der Waals surface area contributed by atoms with Crippen LogP contribution in [0.2, 0.25) is 0 Å². The number of aliphatic imine (C=N–C) groups is 1. The molecule has 0 bridgehead atoms. The minimum Gasteiger partial charge on any atom is -0.383 e. The number of nitrogens with zero attached hydrogens (tertiary/aromatic N) is 3. The van der Waals surface area contributed by atoms with Gasteiger partial charge in [0.1, 0.15) is 0 Å². The second-order valence-electron chi connectivity index (χ2n) is 8.44. The van der Waals surface area contributed by atoms with Crippen molar-refractivity contribution in [1.82, 2.24) is 20.4 Å². The van der Waals surface area contributed by atoms with Gasteiger partial charge in [0, 0.05) is 46.4 Å². The van der Waals surface area contributed by atoms with E-state index in [1.54, 1.807) is 7.11 Å². The van der Waals surface area contributed by atoms with Crippen LogP contribution in [0.4, 0.5) is 0 Å². The van der Waals surface area contributed by atoms with E-state index in [1.807, 2.05) is 7.05 Å².